The van der Waals surface area contributed by atoms with Crippen molar-refractivity contribution in [3.8, 4) is 5.75 Å². The Morgan fingerprint density at radius 1 is 1.04 bits per heavy atom. The van der Waals surface area contributed by atoms with Gasteiger partial charge in [0.25, 0.3) is 0 Å². The number of benzene rings is 2. The number of hydrogen-bond donors (Lipinski definition) is 2. The average molecular weight is 341 g/mol. The number of carbonyl (C=O) groups is 2. The van der Waals surface area contributed by atoms with Gasteiger partial charge in [-0.25, -0.2) is 8.78 Å². The van der Waals surface area contributed by atoms with E-state index in [1.807, 2.05) is 5.32 Å². The lowest BCUT2D eigenvalue weighted by Gasteiger charge is -2.11. The van der Waals surface area contributed by atoms with Gasteiger partial charge in [0, 0.05) is 5.02 Å². The summed E-state index contributed by atoms with van der Waals surface area (Å²) in [4.78, 5) is 23.6. The fourth-order valence-electron chi connectivity index (χ4n) is 1.74. The first-order chi connectivity index (χ1) is 10.9. The van der Waals surface area contributed by atoms with Crippen molar-refractivity contribution in [3.05, 3.63) is 53.1 Å². The highest BCUT2D eigenvalue weighted by Gasteiger charge is 2.19. The number of methoxy groups -OCH3 is 1. The number of halogens is 3. The van der Waals surface area contributed by atoms with Crippen LogP contribution in [0.25, 0.3) is 0 Å². The molecule has 0 unspecified atom stereocenters. The van der Waals surface area contributed by atoms with Crippen molar-refractivity contribution in [2.45, 2.75) is 0 Å². The molecule has 0 saturated carbocycles. The number of anilines is 2. The largest absolute Gasteiger partial charge is 0.495 e. The molecule has 2 N–H and O–H groups in total. The van der Waals surface area contributed by atoms with Crippen LogP contribution in [0, 0.1) is 11.6 Å². The van der Waals surface area contributed by atoms with Gasteiger partial charge in [0.05, 0.1) is 12.8 Å². The third-order valence-electron chi connectivity index (χ3n) is 2.82. The molecule has 2 aromatic rings. The van der Waals surface area contributed by atoms with Gasteiger partial charge in [0.1, 0.15) is 23.1 Å². The molecule has 23 heavy (non-hydrogen) atoms. The highest BCUT2D eigenvalue weighted by molar-refractivity contribution is 6.44. The third-order valence-corrected chi connectivity index (χ3v) is 3.05. The predicted octanol–water partition coefficient (Wildman–Crippen LogP) is 3.20. The maximum absolute atomic E-state index is 13.4. The molecule has 0 aliphatic carbocycles. The van der Waals surface area contributed by atoms with Crippen LogP contribution in [0.2, 0.25) is 5.02 Å². The number of para-hydroxylation sites is 1. The van der Waals surface area contributed by atoms with Crippen molar-refractivity contribution in [2.75, 3.05) is 17.7 Å². The molecule has 120 valence electrons. The molecule has 8 heteroatoms. The molecule has 0 radical (unpaired) electrons. The first kappa shape index (κ1) is 16.7. The Morgan fingerprint density at radius 3 is 2.26 bits per heavy atom. The summed E-state index contributed by atoms with van der Waals surface area (Å²) in [5, 5.41) is 4.44. The van der Waals surface area contributed by atoms with E-state index >= 15 is 0 Å². The Bertz CT molecular complexity index is 748. The van der Waals surface area contributed by atoms with E-state index in [2.05, 4.69) is 5.32 Å². The molecule has 5 nitrogen and oxygen atoms in total. The Morgan fingerprint density at radius 2 is 1.65 bits per heavy atom. The molecule has 0 heterocycles. The molecule has 0 aliphatic heterocycles. The van der Waals surface area contributed by atoms with Crippen LogP contribution in [0.5, 0.6) is 5.75 Å². The minimum absolute atomic E-state index is 0.147. The Labute approximate surface area is 135 Å². The van der Waals surface area contributed by atoms with Crippen molar-refractivity contribution in [1.82, 2.24) is 0 Å². The van der Waals surface area contributed by atoms with E-state index in [1.165, 1.54) is 25.3 Å². The fourth-order valence-corrected chi connectivity index (χ4v) is 1.92. The topological polar surface area (TPSA) is 67.4 Å². The van der Waals surface area contributed by atoms with Gasteiger partial charge in [-0.05, 0) is 30.3 Å². The quantitative estimate of drug-likeness (QED) is 0.843. The van der Waals surface area contributed by atoms with Crippen LogP contribution in [0.4, 0.5) is 20.2 Å². The number of rotatable bonds is 3. The monoisotopic (exact) mass is 340 g/mol. The second-order valence-corrected chi connectivity index (χ2v) is 4.79. The molecular formula is C15H11ClF2N2O3. The second kappa shape index (κ2) is 7.06. The van der Waals surface area contributed by atoms with Crippen LogP contribution in [0.1, 0.15) is 0 Å². The minimum Gasteiger partial charge on any atom is -0.495 e. The molecule has 2 rings (SSSR count). The van der Waals surface area contributed by atoms with Crippen molar-refractivity contribution in [1.29, 1.82) is 0 Å². The molecule has 2 aromatic carbocycles. The van der Waals surface area contributed by atoms with Gasteiger partial charge in [-0.3, -0.25) is 9.59 Å². The SMILES string of the molecule is COc1ccc(Cl)cc1NC(=O)C(=O)Nc1c(F)cccc1F. The normalized spacial score (nSPS) is 10.1. The van der Waals surface area contributed by atoms with Crippen molar-refractivity contribution < 1.29 is 23.1 Å². The Hall–Kier alpha value is -2.67. The average Bonchev–Trinajstić information content (AvgIpc) is 2.51. The van der Waals surface area contributed by atoms with Crippen LogP contribution in [0.3, 0.4) is 0 Å². The van der Waals surface area contributed by atoms with Crippen LogP contribution < -0.4 is 15.4 Å². The second-order valence-electron chi connectivity index (χ2n) is 4.35. The van der Waals surface area contributed by atoms with Gasteiger partial charge in [0.2, 0.25) is 0 Å². The molecule has 0 fully saturated rings. The van der Waals surface area contributed by atoms with Crippen LogP contribution >= 0.6 is 11.6 Å². The van der Waals surface area contributed by atoms with Gasteiger partial charge in [0.15, 0.2) is 0 Å². The summed E-state index contributed by atoms with van der Waals surface area (Å²) in [5.74, 6) is -4.09. The zero-order valence-corrected chi connectivity index (χ0v) is 12.6. The summed E-state index contributed by atoms with van der Waals surface area (Å²) >= 11 is 5.80. The minimum atomic E-state index is -1.24. The van der Waals surface area contributed by atoms with E-state index in [0.717, 1.165) is 18.2 Å². The Balaban J connectivity index is 2.15. The molecular weight excluding hydrogens is 330 g/mol. The van der Waals surface area contributed by atoms with E-state index in [1.54, 1.807) is 0 Å². The molecule has 0 atom stereocenters. The van der Waals surface area contributed by atoms with Gasteiger partial charge in [-0.2, -0.15) is 0 Å². The van der Waals surface area contributed by atoms with Crippen LogP contribution in [-0.4, -0.2) is 18.9 Å². The number of hydrogen-bond acceptors (Lipinski definition) is 3. The van der Waals surface area contributed by atoms with E-state index in [4.69, 9.17) is 16.3 Å². The summed E-state index contributed by atoms with van der Waals surface area (Å²) in [6.45, 7) is 0. The smallest absolute Gasteiger partial charge is 0.314 e. The lowest BCUT2D eigenvalue weighted by molar-refractivity contribution is -0.133. The van der Waals surface area contributed by atoms with E-state index in [0.29, 0.717) is 5.02 Å². The molecule has 2 amide bonds. The van der Waals surface area contributed by atoms with Gasteiger partial charge < -0.3 is 15.4 Å². The Kier molecular flexibility index (Phi) is 5.13. The fraction of sp³-hybridized carbons (Fsp3) is 0.0667. The molecule has 0 bridgehead atoms. The summed E-state index contributed by atoms with van der Waals surface area (Å²) in [6.07, 6.45) is 0. The lowest BCUT2D eigenvalue weighted by Crippen LogP contribution is -2.30. The number of amides is 2. The first-order valence-corrected chi connectivity index (χ1v) is 6.70. The standard InChI is InChI=1S/C15H11ClF2N2O3/c1-23-12-6-5-8(16)7-11(12)19-14(21)15(22)20-13-9(17)3-2-4-10(13)18/h2-7H,1H3,(H,19,21)(H,20,22). The predicted molar refractivity (Wildman–Crippen MR) is 81.6 cm³/mol. The maximum Gasteiger partial charge on any atom is 0.314 e. The summed E-state index contributed by atoms with van der Waals surface area (Å²) in [6, 6.07) is 7.44. The van der Waals surface area contributed by atoms with E-state index < -0.39 is 29.1 Å². The number of ether oxygens (including phenoxy) is 1. The molecule has 0 aromatic heterocycles. The number of carbonyl (C=O) groups excluding carboxylic acids is 2. The van der Waals surface area contributed by atoms with Gasteiger partial charge >= 0.3 is 11.8 Å². The zero-order valence-electron chi connectivity index (χ0n) is 11.8. The molecule has 0 saturated heterocycles. The summed E-state index contributed by atoms with van der Waals surface area (Å²) in [5.41, 5.74) is -0.556. The van der Waals surface area contributed by atoms with E-state index in [9.17, 15) is 18.4 Å². The van der Waals surface area contributed by atoms with Crippen molar-refractivity contribution in [2.24, 2.45) is 0 Å². The molecule has 0 spiro atoms. The first-order valence-electron chi connectivity index (χ1n) is 6.32. The molecule has 0 aliphatic rings. The van der Waals surface area contributed by atoms with E-state index in [-0.39, 0.29) is 11.4 Å². The highest BCUT2D eigenvalue weighted by Crippen LogP contribution is 2.27. The van der Waals surface area contributed by atoms with Gasteiger partial charge in [-0.15, -0.1) is 0 Å². The summed E-state index contributed by atoms with van der Waals surface area (Å²) < 4.78 is 31.9. The third kappa shape index (κ3) is 3.95. The van der Waals surface area contributed by atoms with Gasteiger partial charge in [-0.1, -0.05) is 17.7 Å². The van der Waals surface area contributed by atoms with Crippen LogP contribution in [-0.2, 0) is 9.59 Å². The highest BCUT2D eigenvalue weighted by atomic mass is 35.5. The van der Waals surface area contributed by atoms with Crippen molar-refractivity contribution in [3.63, 3.8) is 0 Å². The summed E-state index contributed by atoms with van der Waals surface area (Å²) in [7, 11) is 1.37. The van der Waals surface area contributed by atoms with Crippen LogP contribution in [0.15, 0.2) is 36.4 Å². The number of nitrogens with one attached hydrogen (secondary N) is 2. The lowest BCUT2D eigenvalue weighted by atomic mass is 10.2. The zero-order chi connectivity index (χ0) is 17.0. The van der Waals surface area contributed by atoms with Crippen molar-refractivity contribution >= 4 is 34.8 Å². The maximum atomic E-state index is 13.4.